The monoisotopic (exact) mass is 686 g/mol. The first-order chi connectivity index (χ1) is 23.6. The van der Waals surface area contributed by atoms with Crippen LogP contribution < -0.4 is 19.8 Å². The number of carbonyl (C=O) groups is 2. The van der Waals surface area contributed by atoms with Crippen molar-refractivity contribution in [2.24, 2.45) is 0 Å². The van der Waals surface area contributed by atoms with Crippen molar-refractivity contribution >= 4 is 30.6 Å². The van der Waals surface area contributed by atoms with Crippen LogP contribution in [-0.4, -0.2) is 66.0 Å². The van der Waals surface area contributed by atoms with Crippen molar-refractivity contribution in [3.05, 3.63) is 120 Å². The van der Waals surface area contributed by atoms with Crippen LogP contribution in [0.1, 0.15) is 44.7 Å². The van der Waals surface area contributed by atoms with Crippen molar-refractivity contribution in [3.8, 4) is 11.5 Å². The van der Waals surface area contributed by atoms with Gasteiger partial charge >= 0.3 is 11.9 Å². The topological polar surface area (TPSA) is 101 Å². The lowest BCUT2D eigenvalue weighted by atomic mass is 10.1. The molecule has 0 fully saturated rings. The molecule has 262 valence electrons. The molecule has 0 saturated heterocycles. The second kappa shape index (κ2) is 20.2. The van der Waals surface area contributed by atoms with E-state index in [1.54, 1.807) is 12.1 Å². The summed E-state index contributed by atoms with van der Waals surface area (Å²) in [7, 11) is 0.189. The van der Waals surface area contributed by atoms with Gasteiger partial charge in [0, 0.05) is 13.2 Å². The summed E-state index contributed by atoms with van der Waals surface area (Å²) in [5.74, 6) is 0.509. The fourth-order valence-electron chi connectivity index (χ4n) is 5.45. The molecule has 0 amide bonds. The van der Waals surface area contributed by atoms with E-state index in [0.29, 0.717) is 18.1 Å². The number of benzene rings is 4. The Kier molecular flexibility index (Phi) is 16.0. The summed E-state index contributed by atoms with van der Waals surface area (Å²) in [5.41, 5.74) is 2.35. The highest BCUT2D eigenvalue weighted by Gasteiger charge is 2.49. The van der Waals surface area contributed by atoms with Crippen LogP contribution in [0.25, 0.3) is 0 Å². The number of aliphatic hydroxyl groups excluding tert-OH is 1. The lowest BCUT2D eigenvalue weighted by Crippen LogP contribution is -2.66. The molecule has 49 heavy (non-hydrogen) atoms. The molecule has 8 nitrogen and oxygen atoms in total. The summed E-state index contributed by atoms with van der Waals surface area (Å²) in [6.07, 6.45) is 3.43. The van der Waals surface area contributed by atoms with Crippen LogP contribution in [0.2, 0.25) is 5.04 Å². The van der Waals surface area contributed by atoms with E-state index in [0.717, 1.165) is 31.2 Å². The largest absolute Gasteiger partial charge is 0.482 e. The van der Waals surface area contributed by atoms with Gasteiger partial charge in [0.25, 0.3) is 8.32 Å². The maximum Gasteiger partial charge on any atom is 0.343 e. The second-order valence-electron chi connectivity index (χ2n) is 12.5. The van der Waals surface area contributed by atoms with Gasteiger partial charge in [-0.3, -0.25) is 0 Å². The molecule has 9 heteroatoms. The highest BCUT2D eigenvalue weighted by atomic mass is 28.4. The van der Waals surface area contributed by atoms with Crippen molar-refractivity contribution in [2.45, 2.75) is 51.5 Å². The molecule has 0 aliphatic carbocycles. The van der Waals surface area contributed by atoms with Gasteiger partial charge in [-0.05, 0) is 76.5 Å². The third kappa shape index (κ3) is 12.2. The summed E-state index contributed by atoms with van der Waals surface area (Å²) >= 11 is 0. The Hall–Kier alpha value is -4.44. The van der Waals surface area contributed by atoms with Gasteiger partial charge in [-0.25, -0.2) is 9.59 Å². The van der Waals surface area contributed by atoms with Crippen LogP contribution >= 0.6 is 0 Å². The number of carbonyl (C=O) groups excluding carboxylic acids is 2. The van der Waals surface area contributed by atoms with Crippen LogP contribution in [0.15, 0.2) is 109 Å². The first-order valence-corrected chi connectivity index (χ1v) is 18.5. The minimum Gasteiger partial charge on any atom is -0.482 e. The van der Waals surface area contributed by atoms with E-state index in [-0.39, 0.29) is 30.8 Å². The van der Waals surface area contributed by atoms with Gasteiger partial charge in [0.1, 0.15) is 11.5 Å². The standard InChI is InChI=1S/C28H34O4Si.C12H16O4/c1-28(2,3)33(25-13-7-5-8-14-25,26-15-9-6-10-16-26)32-21-11-12-23-17-19-24(20-18-23)31-22-27(29)30-4;1-15-12(14)9-16-11-6-4-10(5-7-11)3-2-8-13/h5-10,13-20H,11-12,21-22H2,1-4H3;4-7,13H,2-3,8-9H2,1H3. The second-order valence-corrected chi connectivity index (χ2v) is 16.8. The van der Waals surface area contributed by atoms with Crippen LogP contribution in [0.4, 0.5) is 0 Å². The molecule has 0 saturated carbocycles. The average molecular weight is 687 g/mol. The third-order valence-corrected chi connectivity index (χ3v) is 13.0. The average Bonchev–Trinajstić information content (AvgIpc) is 3.13. The Balaban J connectivity index is 0.000000341. The van der Waals surface area contributed by atoms with Gasteiger partial charge in [0.05, 0.1) is 14.2 Å². The number of esters is 2. The Morgan fingerprint density at radius 2 is 1.02 bits per heavy atom. The predicted octanol–water partition coefficient (Wildman–Crippen LogP) is 5.91. The summed E-state index contributed by atoms with van der Waals surface area (Å²) in [6.45, 7) is 7.62. The number of rotatable bonds is 16. The highest BCUT2D eigenvalue weighted by Crippen LogP contribution is 2.36. The number of aliphatic hydroxyl groups is 1. The third-order valence-electron chi connectivity index (χ3n) is 7.98. The normalized spacial score (nSPS) is 11.1. The predicted molar refractivity (Wildman–Crippen MR) is 195 cm³/mol. The number of ether oxygens (including phenoxy) is 4. The van der Waals surface area contributed by atoms with Crippen LogP contribution in [-0.2, 0) is 36.3 Å². The zero-order valence-corrected chi connectivity index (χ0v) is 30.4. The zero-order chi connectivity index (χ0) is 35.5. The smallest absolute Gasteiger partial charge is 0.343 e. The lowest BCUT2D eigenvalue weighted by Gasteiger charge is -2.43. The molecule has 0 aliphatic heterocycles. The molecule has 0 radical (unpaired) electrons. The first-order valence-electron chi connectivity index (χ1n) is 16.6. The Morgan fingerprint density at radius 3 is 1.39 bits per heavy atom. The molecular weight excluding hydrogens is 637 g/mol. The van der Waals surface area contributed by atoms with Crippen molar-refractivity contribution in [3.63, 3.8) is 0 Å². The molecule has 0 aromatic heterocycles. The van der Waals surface area contributed by atoms with Gasteiger partial charge < -0.3 is 28.5 Å². The van der Waals surface area contributed by atoms with Crippen molar-refractivity contribution in [1.82, 2.24) is 0 Å². The van der Waals surface area contributed by atoms with Gasteiger partial charge in [-0.15, -0.1) is 0 Å². The minimum atomic E-state index is -2.49. The number of hydrogen-bond donors (Lipinski definition) is 1. The molecule has 0 heterocycles. The number of methoxy groups -OCH3 is 2. The van der Waals surface area contributed by atoms with E-state index in [2.05, 4.69) is 90.9 Å². The molecule has 0 unspecified atom stereocenters. The van der Waals surface area contributed by atoms with Crippen LogP contribution in [0.5, 0.6) is 11.5 Å². The molecule has 4 rings (SSSR count). The molecule has 0 bridgehead atoms. The first kappa shape index (κ1) is 39.0. The fourth-order valence-corrected chi connectivity index (χ4v) is 10.1. The fraction of sp³-hybridized carbons (Fsp3) is 0.350. The minimum absolute atomic E-state index is 0.0195. The van der Waals surface area contributed by atoms with E-state index in [4.69, 9.17) is 19.0 Å². The van der Waals surface area contributed by atoms with Crippen LogP contribution in [0, 0.1) is 0 Å². The van der Waals surface area contributed by atoms with Crippen LogP contribution in [0.3, 0.4) is 0 Å². The van der Waals surface area contributed by atoms with Crippen molar-refractivity contribution < 1.29 is 38.1 Å². The van der Waals surface area contributed by atoms with E-state index in [9.17, 15) is 9.59 Å². The zero-order valence-electron chi connectivity index (χ0n) is 29.4. The summed E-state index contributed by atoms with van der Waals surface area (Å²) in [6, 6.07) is 36.7. The number of aryl methyl sites for hydroxylation is 2. The molecule has 0 spiro atoms. The Labute approximate surface area is 292 Å². The SMILES string of the molecule is COC(=O)COc1ccc(CCCO)cc1.COC(=O)COc1ccc(CCCO[Si](c2ccccc2)(c2ccccc2)C(C)(C)C)cc1. The summed E-state index contributed by atoms with van der Waals surface area (Å²) in [5, 5.41) is 11.3. The highest BCUT2D eigenvalue weighted by molar-refractivity contribution is 6.99. The van der Waals surface area contributed by atoms with Gasteiger partial charge in [0.2, 0.25) is 0 Å². The van der Waals surface area contributed by atoms with E-state index in [1.165, 1.54) is 30.2 Å². The van der Waals surface area contributed by atoms with Crippen molar-refractivity contribution in [1.29, 1.82) is 0 Å². The number of hydrogen-bond acceptors (Lipinski definition) is 8. The summed E-state index contributed by atoms with van der Waals surface area (Å²) < 4.78 is 26.6. The van der Waals surface area contributed by atoms with E-state index >= 15 is 0 Å². The molecule has 4 aromatic rings. The van der Waals surface area contributed by atoms with E-state index < -0.39 is 14.3 Å². The molecule has 1 N–H and O–H groups in total. The Morgan fingerprint density at radius 1 is 0.612 bits per heavy atom. The lowest BCUT2D eigenvalue weighted by molar-refractivity contribution is -0.143. The maximum absolute atomic E-state index is 11.2. The quantitative estimate of drug-likeness (QED) is 0.0883. The van der Waals surface area contributed by atoms with Gasteiger partial charge in [-0.2, -0.15) is 0 Å². The van der Waals surface area contributed by atoms with E-state index in [1.807, 2.05) is 36.4 Å². The molecule has 0 aliphatic rings. The van der Waals surface area contributed by atoms with Gasteiger partial charge in [0.15, 0.2) is 13.2 Å². The Bertz CT molecular complexity index is 1480. The summed E-state index contributed by atoms with van der Waals surface area (Å²) in [4.78, 5) is 22.0. The molecule has 0 atom stereocenters. The van der Waals surface area contributed by atoms with Gasteiger partial charge in [-0.1, -0.05) is 106 Å². The molecule has 4 aromatic carbocycles. The molecular formula is C40H50O8Si. The van der Waals surface area contributed by atoms with Crippen molar-refractivity contribution in [2.75, 3.05) is 40.6 Å². The maximum atomic E-state index is 11.2.